The zero-order chi connectivity index (χ0) is 17.5. The van der Waals surface area contributed by atoms with Crippen molar-refractivity contribution in [3.8, 4) is 0 Å². The SMILES string of the molecule is O=C1C=CC(=O)N1CCCCCCONC1O[C@H](CF)C(O)C1O. The lowest BCUT2D eigenvalue weighted by Crippen LogP contribution is -2.40. The third-order valence-corrected chi connectivity index (χ3v) is 3.99. The summed E-state index contributed by atoms with van der Waals surface area (Å²) >= 11 is 0. The van der Waals surface area contributed by atoms with E-state index in [2.05, 4.69) is 5.48 Å². The van der Waals surface area contributed by atoms with Crippen molar-refractivity contribution in [1.82, 2.24) is 10.4 Å². The topological polar surface area (TPSA) is 108 Å². The molecular formula is C15H23FN2O6. The van der Waals surface area contributed by atoms with Crippen LogP contribution in [-0.2, 0) is 19.2 Å². The van der Waals surface area contributed by atoms with Gasteiger partial charge < -0.3 is 14.9 Å². The van der Waals surface area contributed by atoms with Crippen LogP contribution >= 0.6 is 0 Å². The number of ether oxygens (including phenoxy) is 1. The second kappa shape index (κ2) is 9.19. The summed E-state index contributed by atoms with van der Waals surface area (Å²) in [5, 5.41) is 19.1. The summed E-state index contributed by atoms with van der Waals surface area (Å²) in [6, 6.07) is 0. The highest BCUT2D eigenvalue weighted by atomic mass is 19.1. The smallest absolute Gasteiger partial charge is 0.253 e. The van der Waals surface area contributed by atoms with Gasteiger partial charge >= 0.3 is 0 Å². The molecule has 2 rings (SSSR count). The van der Waals surface area contributed by atoms with Gasteiger partial charge in [-0.25, -0.2) is 4.39 Å². The third-order valence-electron chi connectivity index (χ3n) is 3.99. The Morgan fingerprint density at radius 1 is 1.12 bits per heavy atom. The van der Waals surface area contributed by atoms with E-state index in [4.69, 9.17) is 9.57 Å². The van der Waals surface area contributed by atoms with E-state index in [1.165, 1.54) is 17.1 Å². The van der Waals surface area contributed by atoms with Crippen LogP contribution in [0.15, 0.2) is 12.2 Å². The average Bonchev–Trinajstić information content (AvgIpc) is 3.03. The van der Waals surface area contributed by atoms with Crippen LogP contribution in [-0.4, -0.2) is 71.3 Å². The van der Waals surface area contributed by atoms with Crippen LogP contribution in [0.5, 0.6) is 0 Å². The predicted octanol–water partition coefficient (Wildman–Crippen LogP) is -0.591. The molecule has 3 unspecified atom stereocenters. The van der Waals surface area contributed by atoms with Gasteiger partial charge in [0.2, 0.25) is 0 Å². The Balaban J connectivity index is 1.47. The van der Waals surface area contributed by atoms with Gasteiger partial charge in [0.05, 0.1) is 6.61 Å². The summed E-state index contributed by atoms with van der Waals surface area (Å²) in [5.41, 5.74) is 2.47. The van der Waals surface area contributed by atoms with E-state index in [9.17, 15) is 24.2 Å². The molecule has 2 amide bonds. The zero-order valence-electron chi connectivity index (χ0n) is 13.3. The highest BCUT2D eigenvalue weighted by molar-refractivity contribution is 6.12. The van der Waals surface area contributed by atoms with Crippen molar-refractivity contribution in [3.63, 3.8) is 0 Å². The Kier molecular flexibility index (Phi) is 7.25. The molecule has 8 nitrogen and oxygen atoms in total. The molecule has 1 saturated heterocycles. The summed E-state index contributed by atoms with van der Waals surface area (Å²) in [5.74, 6) is -0.534. The number of aliphatic hydroxyl groups is 2. The van der Waals surface area contributed by atoms with Crippen LogP contribution in [0.3, 0.4) is 0 Å². The molecule has 0 aromatic heterocycles. The minimum Gasteiger partial charge on any atom is -0.387 e. The van der Waals surface area contributed by atoms with Gasteiger partial charge in [-0.05, 0) is 12.8 Å². The maximum absolute atomic E-state index is 12.5. The fourth-order valence-corrected chi connectivity index (χ4v) is 2.56. The summed E-state index contributed by atoms with van der Waals surface area (Å²) in [4.78, 5) is 29.0. The summed E-state index contributed by atoms with van der Waals surface area (Å²) in [6.07, 6.45) is 1.15. The number of hydrogen-bond acceptors (Lipinski definition) is 7. The van der Waals surface area contributed by atoms with E-state index in [1.807, 2.05) is 0 Å². The third kappa shape index (κ3) is 4.81. The molecule has 24 heavy (non-hydrogen) atoms. The highest BCUT2D eigenvalue weighted by Crippen LogP contribution is 2.20. The van der Waals surface area contributed by atoms with Gasteiger partial charge in [-0.1, -0.05) is 12.8 Å². The molecule has 0 aromatic rings. The van der Waals surface area contributed by atoms with E-state index in [1.54, 1.807) is 0 Å². The van der Waals surface area contributed by atoms with Crippen molar-refractivity contribution in [3.05, 3.63) is 12.2 Å². The molecule has 1 fully saturated rings. The van der Waals surface area contributed by atoms with E-state index in [-0.39, 0.29) is 11.8 Å². The molecule has 0 spiro atoms. The molecule has 136 valence electrons. The van der Waals surface area contributed by atoms with Crippen LogP contribution in [0.4, 0.5) is 4.39 Å². The number of nitrogens with zero attached hydrogens (tertiary/aromatic N) is 1. The number of halogens is 1. The van der Waals surface area contributed by atoms with Crippen LogP contribution < -0.4 is 5.48 Å². The largest absolute Gasteiger partial charge is 0.387 e. The first-order valence-corrected chi connectivity index (χ1v) is 8.03. The molecule has 2 heterocycles. The number of hydroxylamine groups is 1. The standard InChI is InChI=1S/C15H23FN2O6/c16-9-10-13(21)14(22)15(24-10)17-23-8-4-2-1-3-7-18-11(19)5-6-12(18)20/h5-6,10,13-15,17,21-22H,1-4,7-9H2/t10-,13?,14?,15?/m1/s1. The van der Waals surface area contributed by atoms with Crippen LogP contribution in [0.2, 0.25) is 0 Å². The van der Waals surface area contributed by atoms with Crippen molar-refractivity contribution in [2.24, 2.45) is 0 Å². The fraction of sp³-hybridized carbons (Fsp3) is 0.733. The van der Waals surface area contributed by atoms with Crippen LogP contribution in [0.25, 0.3) is 0 Å². The van der Waals surface area contributed by atoms with Gasteiger partial charge in [0.25, 0.3) is 11.8 Å². The maximum Gasteiger partial charge on any atom is 0.253 e. The molecule has 0 bridgehead atoms. The molecular weight excluding hydrogens is 323 g/mol. The van der Waals surface area contributed by atoms with E-state index < -0.39 is 31.2 Å². The molecule has 2 aliphatic rings. The lowest BCUT2D eigenvalue weighted by Gasteiger charge is -2.16. The highest BCUT2D eigenvalue weighted by Gasteiger charge is 2.42. The number of alkyl halides is 1. The van der Waals surface area contributed by atoms with Gasteiger partial charge in [0, 0.05) is 18.7 Å². The Morgan fingerprint density at radius 3 is 2.42 bits per heavy atom. The number of aliphatic hydroxyl groups excluding tert-OH is 2. The number of carbonyl (C=O) groups is 2. The first-order chi connectivity index (χ1) is 11.5. The summed E-state index contributed by atoms with van der Waals surface area (Å²) in [7, 11) is 0. The van der Waals surface area contributed by atoms with Crippen LogP contribution in [0, 0.1) is 0 Å². The average molecular weight is 346 g/mol. The normalized spacial score (nSPS) is 29.9. The Hall–Kier alpha value is -1.39. The number of amides is 2. The number of carbonyl (C=O) groups excluding carboxylic acids is 2. The molecule has 3 N–H and O–H groups in total. The summed E-state index contributed by atoms with van der Waals surface area (Å²) < 4.78 is 17.6. The quantitative estimate of drug-likeness (QED) is 0.276. The second-order valence-electron chi connectivity index (χ2n) is 5.77. The number of imide groups is 1. The molecule has 0 aliphatic carbocycles. The first kappa shape index (κ1) is 18.9. The molecule has 4 atom stereocenters. The van der Waals surface area contributed by atoms with Crippen molar-refractivity contribution < 1.29 is 33.8 Å². The molecule has 9 heteroatoms. The van der Waals surface area contributed by atoms with Gasteiger partial charge in [-0.2, -0.15) is 5.48 Å². The molecule has 0 aromatic carbocycles. The van der Waals surface area contributed by atoms with Crippen molar-refractivity contribution in [2.75, 3.05) is 19.8 Å². The van der Waals surface area contributed by atoms with Crippen molar-refractivity contribution in [2.45, 2.75) is 50.2 Å². The van der Waals surface area contributed by atoms with E-state index >= 15 is 0 Å². The predicted molar refractivity (Wildman–Crippen MR) is 80.1 cm³/mol. The summed E-state index contributed by atoms with van der Waals surface area (Å²) in [6.45, 7) is -0.117. The van der Waals surface area contributed by atoms with Crippen molar-refractivity contribution >= 4 is 11.8 Å². The Morgan fingerprint density at radius 2 is 1.79 bits per heavy atom. The molecule has 0 radical (unpaired) electrons. The van der Waals surface area contributed by atoms with Gasteiger partial charge in [0.1, 0.15) is 25.0 Å². The van der Waals surface area contributed by atoms with E-state index in [0.29, 0.717) is 13.2 Å². The number of rotatable bonds is 10. The van der Waals surface area contributed by atoms with Gasteiger partial charge in [0.15, 0.2) is 6.23 Å². The maximum atomic E-state index is 12.5. The van der Waals surface area contributed by atoms with E-state index in [0.717, 1.165) is 25.7 Å². The first-order valence-electron chi connectivity index (χ1n) is 8.03. The van der Waals surface area contributed by atoms with Gasteiger partial charge in [-0.3, -0.25) is 19.3 Å². The van der Waals surface area contributed by atoms with Gasteiger partial charge in [-0.15, -0.1) is 0 Å². The minimum absolute atomic E-state index is 0.267. The lowest BCUT2D eigenvalue weighted by molar-refractivity contribution is -0.136. The molecule has 0 saturated carbocycles. The Labute approximate surface area is 139 Å². The molecule has 2 aliphatic heterocycles. The second-order valence-corrected chi connectivity index (χ2v) is 5.77. The van der Waals surface area contributed by atoms with Crippen molar-refractivity contribution in [1.29, 1.82) is 0 Å². The lowest BCUT2D eigenvalue weighted by atomic mass is 10.1. The number of nitrogens with one attached hydrogen (secondary N) is 1. The monoisotopic (exact) mass is 346 g/mol. The fourth-order valence-electron chi connectivity index (χ4n) is 2.56. The number of hydrogen-bond donors (Lipinski definition) is 3. The number of unbranched alkanes of at least 4 members (excludes halogenated alkanes) is 3. The Bertz CT molecular complexity index is 457. The van der Waals surface area contributed by atoms with Crippen LogP contribution in [0.1, 0.15) is 25.7 Å². The minimum atomic E-state index is -1.28. The zero-order valence-corrected chi connectivity index (χ0v) is 13.3.